The molecule has 0 amide bonds. The predicted molar refractivity (Wildman–Crippen MR) is 32.9 cm³/mol. The molecular weight excluding hydrogens is 190 g/mol. The summed E-state index contributed by atoms with van der Waals surface area (Å²) in [6.45, 7) is 0. The van der Waals surface area contributed by atoms with Crippen LogP contribution in [0.4, 0.5) is 8.78 Å². The Labute approximate surface area is 59.6 Å². The standard InChI is InChI=1S/C6H2BrF2/c7-4-2-1-3-5(8)6(4)9/h1,3H. The van der Waals surface area contributed by atoms with Crippen molar-refractivity contribution in [2.75, 3.05) is 0 Å². The average Bonchev–Trinajstić information content (AvgIpc) is 1.83. The highest BCUT2D eigenvalue weighted by atomic mass is 79.9. The van der Waals surface area contributed by atoms with Gasteiger partial charge in [0.2, 0.25) is 0 Å². The first-order chi connectivity index (χ1) is 4.22. The lowest BCUT2D eigenvalue weighted by Crippen LogP contribution is -1.82. The third-order valence-corrected chi connectivity index (χ3v) is 1.42. The average molecular weight is 192 g/mol. The summed E-state index contributed by atoms with van der Waals surface area (Å²) in [6.07, 6.45) is 0. The van der Waals surface area contributed by atoms with E-state index in [1.165, 1.54) is 6.07 Å². The third-order valence-electron chi connectivity index (χ3n) is 0.842. The molecule has 0 spiro atoms. The van der Waals surface area contributed by atoms with Gasteiger partial charge in [0.05, 0.1) is 4.47 Å². The molecule has 1 rings (SSSR count). The van der Waals surface area contributed by atoms with E-state index in [1.807, 2.05) is 0 Å². The highest BCUT2D eigenvalue weighted by Gasteiger charge is 2.02. The van der Waals surface area contributed by atoms with E-state index in [-0.39, 0.29) is 4.47 Å². The Hall–Kier alpha value is -0.440. The van der Waals surface area contributed by atoms with E-state index >= 15 is 0 Å². The van der Waals surface area contributed by atoms with E-state index < -0.39 is 11.6 Å². The molecule has 9 heavy (non-hydrogen) atoms. The van der Waals surface area contributed by atoms with Crippen molar-refractivity contribution in [3.8, 4) is 0 Å². The Bertz CT molecular complexity index is 202. The molecule has 0 bridgehead atoms. The van der Waals surface area contributed by atoms with Crippen LogP contribution in [0.3, 0.4) is 0 Å². The summed E-state index contributed by atoms with van der Waals surface area (Å²) >= 11 is 2.78. The van der Waals surface area contributed by atoms with Crippen LogP contribution in [0.15, 0.2) is 16.6 Å². The maximum atomic E-state index is 12.3. The van der Waals surface area contributed by atoms with E-state index in [0.717, 1.165) is 6.07 Å². The van der Waals surface area contributed by atoms with Crippen molar-refractivity contribution in [2.45, 2.75) is 0 Å². The van der Waals surface area contributed by atoms with Crippen molar-refractivity contribution < 1.29 is 8.78 Å². The van der Waals surface area contributed by atoms with E-state index in [0.29, 0.717) is 0 Å². The molecule has 0 atom stereocenters. The van der Waals surface area contributed by atoms with Crippen molar-refractivity contribution >= 4 is 15.9 Å². The lowest BCUT2D eigenvalue weighted by molar-refractivity contribution is 0.504. The summed E-state index contributed by atoms with van der Waals surface area (Å²) in [6, 6.07) is 4.76. The fourth-order valence-corrected chi connectivity index (χ4v) is 0.751. The molecule has 0 N–H and O–H groups in total. The van der Waals surface area contributed by atoms with E-state index in [2.05, 4.69) is 22.0 Å². The van der Waals surface area contributed by atoms with Gasteiger partial charge < -0.3 is 0 Å². The topological polar surface area (TPSA) is 0 Å². The molecule has 1 aromatic rings. The first-order valence-electron chi connectivity index (χ1n) is 2.23. The number of hydrogen-bond donors (Lipinski definition) is 0. The molecule has 0 aliphatic rings. The van der Waals surface area contributed by atoms with Gasteiger partial charge in [0.25, 0.3) is 0 Å². The maximum absolute atomic E-state index is 12.3. The zero-order valence-corrected chi connectivity index (χ0v) is 5.87. The van der Waals surface area contributed by atoms with Crippen molar-refractivity contribution in [3.63, 3.8) is 0 Å². The van der Waals surface area contributed by atoms with Crippen LogP contribution >= 0.6 is 15.9 Å². The predicted octanol–water partition coefficient (Wildman–Crippen LogP) is 2.53. The molecule has 0 heterocycles. The minimum Gasteiger partial charge on any atom is -0.204 e. The van der Waals surface area contributed by atoms with Gasteiger partial charge in [0, 0.05) is 6.07 Å². The van der Waals surface area contributed by atoms with Crippen LogP contribution in [0.1, 0.15) is 0 Å². The summed E-state index contributed by atoms with van der Waals surface area (Å²) in [5.41, 5.74) is 0. The molecule has 0 nitrogen and oxygen atoms in total. The van der Waals surface area contributed by atoms with Crippen LogP contribution in [-0.2, 0) is 0 Å². The molecular formula is C6H2BrF2. The van der Waals surface area contributed by atoms with E-state index in [1.54, 1.807) is 0 Å². The molecule has 3 heteroatoms. The lowest BCUT2D eigenvalue weighted by atomic mass is 10.3. The Balaban J connectivity index is 3.25. The zero-order chi connectivity index (χ0) is 6.85. The van der Waals surface area contributed by atoms with Crippen LogP contribution in [0.25, 0.3) is 0 Å². The third kappa shape index (κ3) is 1.27. The molecule has 47 valence electrons. The van der Waals surface area contributed by atoms with Gasteiger partial charge in [0.15, 0.2) is 11.6 Å². The van der Waals surface area contributed by atoms with Crippen LogP contribution < -0.4 is 0 Å². The maximum Gasteiger partial charge on any atom is 0.173 e. The normalized spacial score (nSPS) is 9.67. The Morgan fingerprint density at radius 1 is 1.44 bits per heavy atom. The zero-order valence-electron chi connectivity index (χ0n) is 4.29. The van der Waals surface area contributed by atoms with Gasteiger partial charge in [-0.15, -0.1) is 0 Å². The summed E-state index contributed by atoms with van der Waals surface area (Å²) < 4.78 is 24.5. The minimum atomic E-state index is -0.891. The summed E-state index contributed by atoms with van der Waals surface area (Å²) in [5, 5.41) is 0. The minimum absolute atomic E-state index is 0.0301. The van der Waals surface area contributed by atoms with Crippen LogP contribution in [-0.4, -0.2) is 0 Å². The van der Waals surface area contributed by atoms with Gasteiger partial charge >= 0.3 is 0 Å². The number of benzene rings is 1. The second-order valence-electron chi connectivity index (χ2n) is 1.45. The molecule has 0 saturated carbocycles. The van der Waals surface area contributed by atoms with Gasteiger partial charge in [-0.25, -0.2) is 8.78 Å². The van der Waals surface area contributed by atoms with Gasteiger partial charge in [-0.1, -0.05) is 6.07 Å². The molecule has 1 aromatic carbocycles. The molecule has 0 aliphatic carbocycles. The van der Waals surface area contributed by atoms with Crippen LogP contribution in [0.5, 0.6) is 0 Å². The second-order valence-corrected chi connectivity index (χ2v) is 2.25. The van der Waals surface area contributed by atoms with E-state index in [9.17, 15) is 8.78 Å². The molecule has 0 unspecified atom stereocenters. The fraction of sp³-hybridized carbons (Fsp3) is 0. The Kier molecular flexibility index (Phi) is 1.81. The largest absolute Gasteiger partial charge is 0.204 e. The highest BCUT2D eigenvalue weighted by molar-refractivity contribution is 9.10. The Morgan fingerprint density at radius 2 is 2.11 bits per heavy atom. The smallest absolute Gasteiger partial charge is 0.173 e. The summed E-state index contributed by atoms with van der Waals surface area (Å²) in [5.74, 6) is -1.75. The first kappa shape index (κ1) is 6.68. The second kappa shape index (κ2) is 2.43. The van der Waals surface area contributed by atoms with Gasteiger partial charge in [-0.2, -0.15) is 0 Å². The monoisotopic (exact) mass is 191 g/mol. The number of rotatable bonds is 0. The number of halogens is 3. The molecule has 0 saturated heterocycles. The van der Waals surface area contributed by atoms with Crippen molar-refractivity contribution in [2.24, 2.45) is 0 Å². The fourth-order valence-electron chi connectivity index (χ4n) is 0.429. The van der Waals surface area contributed by atoms with Crippen molar-refractivity contribution in [3.05, 3.63) is 34.3 Å². The van der Waals surface area contributed by atoms with Gasteiger partial charge in [0.1, 0.15) is 0 Å². The Morgan fingerprint density at radius 3 is 2.56 bits per heavy atom. The van der Waals surface area contributed by atoms with Crippen LogP contribution in [0, 0.1) is 17.7 Å². The SMILES string of the molecule is Fc1cc[c]c(Br)c1F. The van der Waals surface area contributed by atoms with Gasteiger partial charge in [-0.3, -0.25) is 0 Å². The molecule has 0 aromatic heterocycles. The lowest BCUT2D eigenvalue weighted by Gasteiger charge is -1.91. The van der Waals surface area contributed by atoms with Gasteiger partial charge in [-0.05, 0) is 22.0 Å². The first-order valence-corrected chi connectivity index (χ1v) is 3.02. The molecule has 0 aliphatic heterocycles. The van der Waals surface area contributed by atoms with Crippen LogP contribution in [0.2, 0.25) is 0 Å². The quantitative estimate of drug-likeness (QED) is 0.554. The highest BCUT2D eigenvalue weighted by Crippen LogP contribution is 2.15. The van der Waals surface area contributed by atoms with Crippen molar-refractivity contribution in [1.82, 2.24) is 0 Å². The summed E-state index contributed by atoms with van der Waals surface area (Å²) in [4.78, 5) is 0. The molecule has 0 fully saturated rings. The molecule has 1 radical (unpaired) electrons. The van der Waals surface area contributed by atoms with E-state index in [4.69, 9.17) is 0 Å². The number of hydrogen-bond acceptors (Lipinski definition) is 0. The van der Waals surface area contributed by atoms with Crippen molar-refractivity contribution in [1.29, 1.82) is 0 Å². The summed E-state index contributed by atoms with van der Waals surface area (Å²) in [7, 11) is 0.